The number of thiophene rings is 1. The average Bonchev–Trinajstić information content (AvgIpc) is 2.55. The fourth-order valence-corrected chi connectivity index (χ4v) is 3.52. The SMILES string of the molecule is Cc1sc(C(=O)N(C)CC(F)(F)F)cc1S(N)(=O)=O. The second-order valence-corrected chi connectivity index (χ2v) is 6.64. The van der Waals surface area contributed by atoms with Crippen LogP contribution in [0.1, 0.15) is 14.5 Å². The van der Waals surface area contributed by atoms with Crippen molar-refractivity contribution in [1.82, 2.24) is 4.90 Å². The summed E-state index contributed by atoms with van der Waals surface area (Å²) in [6.45, 7) is 0.0123. The molecule has 0 atom stereocenters. The number of hydrogen-bond acceptors (Lipinski definition) is 4. The highest BCUT2D eigenvalue weighted by atomic mass is 32.2. The summed E-state index contributed by atoms with van der Waals surface area (Å²) in [4.78, 5) is 12.1. The first-order valence-electron chi connectivity index (χ1n) is 4.87. The zero-order chi connectivity index (χ0) is 15.0. The standard InChI is InChI=1S/C9H11F3N2O3S2/c1-5-7(19(13,16)17)3-6(18-5)8(15)14(2)4-9(10,11)12/h3H,4H2,1-2H3,(H2,13,16,17). The van der Waals surface area contributed by atoms with E-state index in [1.54, 1.807) is 0 Å². The average molecular weight is 316 g/mol. The molecule has 0 aliphatic rings. The lowest BCUT2D eigenvalue weighted by Gasteiger charge is -2.17. The Bertz CT molecular complexity index is 592. The van der Waals surface area contributed by atoms with Gasteiger partial charge in [-0.15, -0.1) is 11.3 Å². The number of halogens is 3. The highest BCUT2D eigenvalue weighted by molar-refractivity contribution is 7.89. The summed E-state index contributed by atoms with van der Waals surface area (Å²) in [6, 6.07) is 0.991. The van der Waals surface area contributed by atoms with Gasteiger partial charge in [-0.2, -0.15) is 13.2 Å². The second-order valence-electron chi connectivity index (χ2n) is 3.85. The summed E-state index contributed by atoms with van der Waals surface area (Å²) in [7, 11) is -3.00. The van der Waals surface area contributed by atoms with E-state index in [-0.39, 0.29) is 14.6 Å². The molecule has 0 saturated carbocycles. The Morgan fingerprint density at radius 3 is 2.37 bits per heavy atom. The van der Waals surface area contributed by atoms with Gasteiger partial charge in [0.05, 0.1) is 9.77 Å². The number of carbonyl (C=O) groups excluding carboxylic acids is 1. The van der Waals surface area contributed by atoms with E-state index in [1.807, 2.05) is 0 Å². The molecule has 108 valence electrons. The van der Waals surface area contributed by atoms with Crippen molar-refractivity contribution >= 4 is 27.3 Å². The van der Waals surface area contributed by atoms with Crippen LogP contribution < -0.4 is 5.14 Å². The van der Waals surface area contributed by atoms with Gasteiger partial charge in [0, 0.05) is 11.9 Å². The molecule has 10 heteroatoms. The number of rotatable bonds is 3. The van der Waals surface area contributed by atoms with E-state index < -0.39 is 28.7 Å². The predicted molar refractivity (Wildman–Crippen MR) is 63.4 cm³/mol. The Labute approximate surface area is 111 Å². The van der Waals surface area contributed by atoms with Gasteiger partial charge < -0.3 is 4.90 Å². The van der Waals surface area contributed by atoms with E-state index in [0.29, 0.717) is 4.90 Å². The van der Waals surface area contributed by atoms with Crippen molar-refractivity contribution in [1.29, 1.82) is 0 Å². The smallest absolute Gasteiger partial charge is 0.332 e. The quantitative estimate of drug-likeness (QED) is 0.913. The van der Waals surface area contributed by atoms with Crippen LogP contribution in [0.5, 0.6) is 0 Å². The number of aryl methyl sites for hydroxylation is 1. The Morgan fingerprint density at radius 1 is 1.47 bits per heavy atom. The minimum absolute atomic E-state index is 0.103. The normalized spacial score (nSPS) is 12.5. The maximum absolute atomic E-state index is 12.1. The molecule has 5 nitrogen and oxygen atoms in total. The van der Waals surface area contributed by atoms with Gasteiger partial charge in [-0.1, -0.05) is 0 Å². The van der Waals surface area contributed by atoms with Gasteiger partial charge in [-0.3, -0.25) is 4.79 Å². The lowest BCUT2D eigenvalue weighted by atomic mass is 10.4. The van der Waals surface area contributed by atoms with Crippen LogP contribution in [0.15, 0.2) is 11.0 Å². The molecule has 1 aromatic heterocycles. The molecule has 1 amide bonds. The Morgan fingerprint density at radius 2 is 2.00 bits per heavy atom. The third-order valence-electron chi connectivity index (χ3n) is 2.15. The molecule has 0 spiro atoms. The van der Waals surface area contributed by atoms with Gasteiger partial charge in [0.1, 0.15) is 6.54 Å². The molecule has 0 aliphatic carbocycles. The van der Waals surface area contributed by atoms with E-state index in [9.17, 15) is 26.4 Å². The third kappa shape index (κ3) is 4.18. The van der Waals surface area contributed by atoms with Gasteiger partial charge in [-0.25, -0.2) is 13.6 Å². The lowest BCUT2D eigenvalue weighted by molar-refractivity contribution is -0.138. The van der Waals surface area contributed by atoms with Crippen molar-refractivity contribution in [2.45, 2.75) is 18.0 Å². The maximum Gasteiger partial charge on any atom is 0.406 e. The van der Waals surface area contributed by atoms with Gasteiger partial charge >= 0.3 is 6.18 Å². The maximum atomic E-state index is 12.1. The molecule has 1 rings (SSSR count). The number of sulfonamides is 1. The van der Waals surface area contributed by atoms with Crippen molar-refractivity contribution in [2.75, 3.05) is 13.6 Å². The number of hydrogen-bond donors (Lipinski definition) is 1. The Balaban J connectivity index is 3.03. The number of alkyl halides is 3. The van der Waals surface area contributed by atoms with Gasteiger partial charge in [0.15, 0.2) is 0 Å². The zero-order valence-electron chi connectivity index (χ0n) is 9.98. The van der Waals surface area contributed by atoms with Crippen LogP contribution in [-0.2, 0) is 10.0 Å². The zero-order valence-corrected chi connectivity index (χ0v) is 11.6. The molecule has 0 fully saturated rings. The van der Waals surface area contributed by atoms with Crippen LogP contribution in [-0.4, -0.2) is 39.0 Å². The first-order valence-corrected chi connectivity index (χ1v) is 7.23. The van der Waals surface area contributed by atoms with Crippen LogP contribution in [0.2, 0.25) is 0 Å². The predicted octanol–water partition coefficient (Wildman–Crippen LogP) is 1.34. The van der Waals surface area contributed by atoms with E-state index in [4.69, 9.17) is 5.14 Å². The molecule has 0 radical (unpaired) electrons. The van der Waals surface area contributed by atoms with Crippen molar-refractivity contribution in [3.8, 4) is 0 Å². The summed E-state index contributed by atoms with van der Waals surface area (Å²) in [6.07, 6.45) is -4.51. The van der Waals surface area contributed by atoms with Crippen LogP contribution in [0.4, 0.5) is 13.2 Å². The van der Waals surface area contributed by atoms with Crippen LogP contribution in [0, 0.1) is 6.92 Å². The first kappa shape index (κ1) is 15.9. The molecular weight excluding hydrogens is 305 g/mol. The molecule has 0 unspecified atom stereocenters. The van der Waals surface area contributed by atoms with E-state index in [0.717, 1.165) is 24.5 Å². The molecule has 2 N–H and O–H groups in total. The molecule has 0 bridgehead atoms. The van der Waals surface area contributed by atoms with Crippen LogP contribution >= 0.6 is 11.3 Å². The van der Waals surface area contributed by atoms with Crippen molar-refractivity contribution in [3.05, 3.63) is 15.8 Å². The van der Waals surface area contributed by atoms with Crippen LogP contribution in [0.25, 0.3) is 0 Å². The summed E-state index contributed by atoms with van der Waals surface area (Å²) in [5.74, 6) is -0.902. The minimum atomic E-state index is -4.51. The number of nitrogens with two attached hydrogens (primary N) is 1. The molecule has 1 heterocycles. The van der Waals surface area contributed by atoms with Gasteiger partial charge in [-0.05, 0) is 13.0 Å². The number of carbonyl (C=O) groups is 1. The fourth-order valence-electron chi connectivity index (χ4n) is 1.38. The van der Waals surface area contributed by atoms with Crippen LogP contribution in [0.3, 0.4) is 0 Å². The molecule has 0 aromatic carbocycles. The van der Waals surface area contributed by atoms with Crippen molar-refractivity contribution < 1.29 is 26.4 Å². The molecular formula is C9H11F3N2O3S2. The Hall–Kier alpha value is -1.13. The van der Waals surface area contributed by atoms with E-state index >= 15 is 0 Å². The Kier molecular flexibility index (Phi) is 4.27. The monoisotopic (exact) mass is 316 g/mol. The van der Waals surface area contributed by atoms with Crippen molar-refractivity contribution in [2.24, 2.45) is 5.14 Å². The highest BCUT2D eigenvalue weighted by Gasteiger charge is 2.32. The number of nitrogens with zero attached hydrogens (tertiary/aromatic N) is 1. The van der Waals surface area contributed by atoms with E-state index in [2.05, 4.69) is 0 Å². The molecule has 1 aromatic rings. The summed E-state index contributed by atoms with van der Waals surface area (Å²) in [5.41, 5.74) is 0. The summed E-state index contributed by atoms with van der Waals surface area (Å²) in [5, 5.41) is 4.92. The first-order chi connectivity index (χ1) is 8.42. The summed E-state index contributed by atoms with van der Waals surface area (Å²) >= 11 is 0.786. The van der Waals surface area contributed by atoms with Gasteiger partial charge in [0.25, 0.3) is 5.91 Å². The second kappa shape index (κ2) is 5.10. The highest BCUT2D eigenvalue weighted by Crippen LogP contribution is 2.26. The number of amides is 1. The molecule has 19 heavy (non-hydrogen) atoms. The minimum Gasteiger partial charge on any atom is -0.332 e. The lowest BCUT2D eigenvalue weighted by Crippen LogP contribution is -2.35. The largest absolute Gasteiger partial charge is 0.406 e. The fraction of sp³-hybridized carbons (Fsp3) is 0.444. The topological polar surface area (TPSA) is 80.5 Å². The van der Waals surface area contributed by atoms with Gasteiger partial charge in [0.2, 0.25) is 10.0 Å². The van der Waals surface area contributed by atoms with E-state index in [1.165, 1.54) is 6.92 Å². The summed E-state index contributed by atoms with van der Waals surface area (Å²) < 4.78 is 58.8. The molecule has 0 saturated heterocycles. The third-order valence-corrected chi connectivity index (χ3v) is 4.36. The van der Waals surface area contributed by atoms with Crippen molar-refractivity contribution in [3.63, 3.8) is 0 Å². The molecule has 0 aliphatic heterocycles. The number of primary sulfonamides is 1.